The number of aliphatic hydroxyl groups is 6. The average Bonchev–Trinajstić information content (AvgIpc) is 3.50. The van der Waals surface area contributed by atoms with Gasteiger partial charge in [0.05, 0.1) is 23.4 Å². The molecule has 2 fully saturated rings. The topological polar surface area (TPSA) is 286 Å². The third kappa shape index (κ3) is 6.87. The summed E-state index contributed by atoms with van der Waals surface area (Å²) in [4.78, 5) is 28.9. The maximum atomic E-state index is 12.6. The van der Waals surface area contributed by atoms with Gasteiger partial charge in [0.1, 0.15) is 66.6 Å². The number of hydrogen-bond acceptors (Lipinski definition) is 18. The number of nitrogens with two attached hydrogens (primary N) is 1. The summed E-state index contributed by atoms with van der Waals surface area (Å²) in [5.41, 5.74) is 5.30. The summed E-state index contributed by atoms with van der Waals surface area (Å²) in [5, 5.41) is 61.9. The number of methoxy groups -OCH3 is 1. The molecule has 2 aromatic heterocycles. The molecule has 0 spiro atoms. The first-order valence-corrected chi connectivity index (χ1v) is 17.3. The maximum absolute atomic E-state index is 12.6. The number of phosphoric ester groups is 1. The molecule has 18 nitrogen and oxygen atoms in total. The molecule has 0 aliphatic carbocycles. The fourth-order valence-electron chi connectivity index (χ4n) is 4.72. The molecule has 2 aliphatic heterocycles. The lowest BCUT2D eigenvalue weighted by atomic mass is 9.87. The van der Waals surface area contributed by atoms with E-state index in [-0.39, 0.29) is 5.82 Å². The van der Waals surface area contributed by atoms with Crippen LogP contribution in [-0.4, -0.2) is 125 Å². The van der Waals surface area contributed by atoms with E-state index in [9.17, 15) is 39.9 Å². The van der Waals surface area contributed by atoms with E-state index in [1.165, 1.54) is 30.8 Å². The van der Waals surface area contributed by atoms with Gasteiger partial charge in [0.15, 0.2) is 6.29 Å². The van der Waals surface area contributed by atoms with Crippen molar-refractivity contribution in [3.05, 3.63) is 29.9 Å². The van der Waals surface area contributed by atoms with Crippen LogP contribution in [0.15, 0.2) is 24.4 Å². The summed E-state index contributed by atoms with van der Waals surface area (Å²) in [6, 6.07) is 0. The summed E-state index contributed by atoms with van der Waals surface area (Å²) < 4.78 is 44.3. The molecule has 2 saturated heterocycles. The molecule has 7 unspecified atom stereocenters. The number of aliphatic hydroxyl groups excluding tert-OH is 6. The van der Waals surface area contributed by atoms with Crippen molar-refractivity contribution in [3.63, 3.8) is 0 Å². The highest BCUT2D eigenvalue weighted by atomic mass is 32.5. The van der Waals surface area contributed by atoms with E-state index < -0.39 is 88.5 Å². The van der Waals surface area contributed by atoms with Gasteiger partial charge in [0, 0.05) is 12.7 Å². The lowest BCUT2D eigenvalue weighted by Crippen LogP contribution is -2.61. The molecule has 12 atom stereocenters. The molecule has 0 amide bonds. The zero-order valence-corrected chi connectivity index (χ0v) is 25.6. The van der Waals surface area contributed by atoms with Crippen LogP contribution in [0.1, 0.15) is 11.7 Å². The summed E-state index contributed by atoms with van der Waals surface area (Å²) in [6.45, 7) is -2.55. The Hall–Kier alpha value is -1.10. The molecule has 0 bridgehead atoms. The van der Waals surface area contributed by atoms with E-state index in [0.29, 0.717) is 15.8 Å². The molecule has 22 heteroatoms. The van der Waals surface area contributed by atoms with Crippen LogP contribution in [0, 0.1) is 0 Å². The van der Waals surface area contributed by atoms with Crippen molar-refractivity contribution >= 4 is 53.7 Å². The quantitative estimate of drug-likeness (QED) is 0.0874. The first-order valence-electron chi connectivity index (χ1n) is 12.3. The van der Waals surface area contributed by atoms with Crippen molar-refractivity contribution in [2.45, 2.75) is 60.7 Å². The number of fused-ring (bicyclic) bond motifs is 1. The van der Waals surface area contributed by atoms with Gasteiger partial charge in [-0.3, -0.25) is 4.52 Å². The van der Waals surface area contributed by atoms with E-state index in [1.54, 1.807) is 5.38 Å². The van der Waals surface area contributed by atoms with Crippen LogP contribution >= 0.6 is 25.9 Å². The highest BCUT2D eigenvalue weighted by Gasteiger charge is 2.57. The summed E-state index contributed by atoms with van der Waals surface area (Å²) in [5.74, 6) is 0.229. The molecule has 10 N–H and O–H groups in total. The Morgan fingerprint density at radius 3 is 2.56 bits per heavy atom. The van der Waals surface area contributed by atoms with Gasteiger partial charge in [-0.05, 0) is 17.2 Å². The van der Waals surface area contributed by atoms with Crippen molar-refractivity contribution in [3.8, 4) is 0 Å². The second-order valence-corrected chi connectivity index (χ2v) is 14.8. The van der Waals surface area contributed by atoms with Crippen LogP contribution in [0.25, 0.3) is 10.2 Å². The smallest absolute Gasteiger partial charge is 0.394 e. The molecule has 2 aromatic rings. The Labute approximate surface area is 252 Å². The standard InChI is InChI=1S/C21H31N3O15P2S2/c1-3-21(34-2)17(30)10(36-18(21)8-6-43-16-11(8)23-7-24-19(16)22)5-35-41(33,42)39-40(31,32)38-20-14(29)12(27)13(28)15(37-20)9(26)4-25/h3,6-7,9-10,12-15,17-18,20,25-30H,1,4-5H2,2H3,(H,31,32)(H,33,42)(H2,22,23,24)/t9-,10+,12?,13?,14?,15?,17+,18-,20?,21+,41?/m0/s1. The first-order chi connectivity index (χ1) is 20.1. The normalized spacial score (nSPS) is 36.7. The molecule has 4 rings (SSSR count). The van der Waals surface area contributed by atoms with Crippen LogP contribution in [0.4, 0.5) is 5.82 Å². The second kappa shape index (κ2) is 13.3. The van der Waals surface area contributed by atoms with Gasteiger partial charge < -0.3 is 64.9 Å². The fourth-order valence-corrected chi connectivity index (χ4v) is 8.75. The lowest BCUT2D eigenvalue weighted by Gasteiger charge is -2.41. The predicted octanol–water partition coefficient (Wildman–Crippen LogP) is -1.83. The minimum atomic E-state index is -5.45. The number of thiophene rings is 1. The summed E-state index contributed by atoms with van der Waals surface area (Å²) in [6.07, 6.45) is -13.0. The number of phosphoric acid groups is 1. The van der Waals surface area contributed by atoms with Gasteiger partial charge in [-0.15, -0.1) is 17.9 Å². The predicted molar refractivity (Wildman–Crippen MR) is 150 cm³/mol. The minimum absolute atomic E-state index is 0.229. The number of rotatable bonds is 12. The van der Waals surface area contributed by atoms with Crippen LogP contribution in [0.3, 0.4) is 0 Å². The van der Waals surface area contributed by atoms with Crippen LogP contribution < -0.4 is 5.73 Å². The van der Waals surface area contributed by atoms with Crippen molar-refractivity contribution in [2.24, 2.45) is 0 Å². The second-order valence-electron chi connectivity index (χ2n) is 9.50. The average molecular weight is 692 g/mol. The van der Waals surface area contributed by atoms with Crippen LogP contribution in [0.2, 0.25) is 0 Å². The van der Waals surface area contributed by atoms with Gasteiger partial charge in [0.25, 0.3) is 0 Å². The summed E-state index contributed by atoms with van der Waals surface area (Å²) >= 11 is 6.05. The molecule has 4 heterocycles. The molecule has 2 aliphatic rings. The largest absolute Gasteiger partial charge is 0.481 e. The molecule has 0 radical (unpaired) electrons. The summed E-state index contributed by atoms with van der Waals surface area (Å²) in [7, 11) is -4.14. The van der Waals surface area contributed by atoms with Crippen molar-refractivity contribution < 1.29 is 72.6 Å². The lowest BCUT2D eigenvalue weighted by molar-refractivity contribution is -0.292. The SMILES string of the molecule is C=C[C@@]1(OC)[C@H](O)[C@@H](COP(O)(=S)OP(=O)(O)OC2OC([C@@H](O)CO)C(O)C(O)C2O)O[C@H]1c1csc2c(N)ncnc12. The Bertz CT molecular complexity index is 1400. The Morgan fingerprint density at radius 2 is 1.93 bits per heavy atom. The highest BCUT2D eigenvalue weighted by Crippen LogP contribution is 2.62. The van der Waals surface area contributed by atoms with E-state index in [0.717, 1.165) is 0 Å². The molecule has 0 saturated carbocycles. The highest BCUT2D eigenvalue weighted by molar-refractivity contribution is 8.08. The van der Waals surface area contributed by atoms with E-state index in [4.69, 9.17) is 41.4 Å². The van der Waals surface area contributed by atoms with Crippen LogP contribution in [0.5, 0.6) is 0 Å². The van der Waals surface area contributed by atoms with Gasteiger partial charge in [-0.2, -0.15) is 0 Å². The number of nitrogens with zero attached hydrogens (tertiary/aromatic N) is 2. The molecule has 242 valence electrons. The third-order valence-electron chi connectivity index (χ3n) is 6.92. The van der Waals surface area contributed by atoms with Crippen molar-refractivity contribution in [1.29, 1.82) is 0 Å². The number of nitrogen functional groups attached to an aromatic ring is 1. The van der Waals surface area contributed by atoms with E-state index >= 15 is 0 Å². The van der Waals surface area contributed by atoms with Crippen molar-refractivity contribution in [1.82, 2.24) is 9.97 Å². The zero-order chi connectivity index (χ0) is 31.9. The molecule has 0 aromatic carbocycles. The number of aromatic nitrogens is 2. The number of anilines is 1. The van der Waals surface area contributed by atoms with Gasteiger partial charge in [-0.25, -0.2) is 18.8 Å². The maximum Gasteiger partial charge on any atom is 0.481 e. The minimum Gasteiger partial charge on any atom is -0.394 e. The zero-order valence-electron chi connectivity index (χ0n) is 22.2. The Morgan fingerprint density at radius 1 is 1.23 bits per heavy atom. The monoisotopic (exact) mass is 691 g/mol. The Kier molecular flexibility index (Phi) is 10.8. The van der Waals surface area contributed by atoms with Gasteiger partial charge in [0.2, 0.25) is 0 Å². The van der Waals surface area contributed by atoms with Gasteiger partial charge in [-0.1, -0.05) is 6.08 Å². The van der Waals surface area contributed by atoms with Crippen LogP contribution in [-0.2, 0) is 43.9 Å². The van der Waals surface area contributed by atoms with Crippen molar-refractivity contribution in [2.75, 3.05) is 26.1 Å². The molecular formula is C21H31N3O15P2S2. The molecular weight excluding hydrogens is 660 g/mol. The molecule has 43 heavy (non-hydrogen) atoms. The number of hydrogen-bond donors (Lipinski definition) is 9. The Balaban J connectivity index is 1.46. The van der Waals surface area contributed by atoms with E-state index in [1.807, 2.05) is 0 Å². The van der Waals surface area contributed by atoms with E-state index in [2.05, 4.69) is 25.4 Å². The third-order valence-corrected chi connectivity index (χ3v) is 11.4. The van der Waals surface area contributed by atoms with Gasteiger partial charge >= 0.3 is 14.5 Å². The first kappa shape index (κ1) is 34.8. The number of ether oxygens (including phenoxy) is 3. The fraction of sp³-hybridized carbons (Fsp3) is 0.619.